The summed E-state index contributed by atoms with van der Waals surface area (Å²) in [5.41, 5.74) is 11.8. The molecule has 0 bridgehead atoms. The zero-order chi connectivity index (χ0) is 18.2. The number of rotatable bonds is 5. The second kappa shape index (κ2) is 7.06. The van der Waals surface area contributed by atoms with E-state index in [1.165, 1.54) is 5.56 Å². The first-order chi connectivity index (χ1) is 11.2. The molecule has 1 heterocycles. The summed E-state index contributed by atoms with van der Waals surface area (Å²) < 4.78 is 16.5. The highest BCUT2D eigenvalue weighted by Gasteiger charge is 2.23. The van der Waals surface area contributed by atoms with Crippen LogP contribution in [0.1, 0.15) is 66.2 Å². The molecule has 0 spiro atoms. The van der Waals surface area contributed by atoms with Gasteiger partial charge in [-0.3, -0.25) is 0 Å². The molecule has 4 heteroatoms. The second-order valence-electron chi connectivity index (χ2n) is 7.27. The van der Waals surface area contributed by atoms with Crippen molar-refractivity contribution in [2.45, 2.75) is 67.5 Å². The van der Waals surface area contributed by atoms with Crippen LogP contribution in [-0.2, 0) is 13.1 Å². The summed E-state index contributed by atoms with van der Waals surface area (Å²) >= 11 is 0. The molecule has 0 saturated carbocycles. The van der Waals surface area contributed by atoms with Crippen molar-refractivity contribution in [3.8, 4) is 0 Å². The summed E-state index contributed by atoms with van der Waals surface area (Å²) in [5.74, 6) is 1.42. The van der Waals surface area contributed by atoms with Gasteiger partial charge in [-0.2, -0.15) is 0 Å². The van der Waals surface area contributed by atoms with Crippen molar-refractivity contribution in [2.24, 2.45) is 11.7 Å². The third kappa shape index (κ3) is 3.25. The SMILES string of the molecule is Cc1cc(C(C)c2nc(C)c(C)n2CN)c(CC(C)C)c(C)c1F. The molecule has 0 aliphatic heterocycles. The van der Waals surface area contributed by atoms with Crippen LogP contribution in [0.25, 0.3) is 0 Å². The Labute approximate surface area is 145 Å². The number of aryl methyl sites for hydroxylation is 2. The molecule has 0 amide bonds. The van der Waals surface area contributed by atoms with Crippen molar-refractivity contribution in [1.82, 2.24) is 9.55 Å². The third-order valence-electron chi connectivity index (χ3n) is 4.98. The van der Waals surface area contributed by atoms with E-state index in [1.54, 1.807) is 0 Å². The maximum atomic E-state index is 14.5. The Morgan fingerprint density at radius 2 is 1.79 bits per heavy atom. The number of nitrogens with two attached hydrogens (primary N) is 1. The van der Waals surface area contributed by atoms with Crippen LogP contribution in [0.15, 0.2) is 6.07 Å². The fourth-order valence-corrected chi connectivity index (χ4v) is 3.47. The van der Waals surface area contributed by atoms with Crippen molar-refractivity contribution in [3.05, 3.63) is 51.3 Å². The minimum Gasteiger partial charge on any atom is -0.319 e. The summed E-state index contributed by atoms with van der Waals surface area (Å²) in [6.07, 6.45) is 0.865. The Morgan fingerprint density at radius 3 is 2.33 bits per heavy atom. The summed E-state index contributed by atoms with van der Waals surface area (Å²) in [7, 11) is 0. The molecule has 132 valence electrons. The van der Waals surface area contributed by atoms with Crippen molar-refractivity contribution in [3.63, 3.8) is 0 Å². The van der Waals surface area contributed by atoms with Crippen LogP contribution < -0.4 is 5.73 Å². The highest BCUT2D eigenvalue weighted by atomic mass is 19.1. The molecular weight excluding hydrogens is 301 g/mol. The van der Waals surface area contributed by atoms with Crippen molar-refractivity contribution in [1.29, 1.82) is 0 Å². The molecule has 1 unspecified atom stereocenters. The van der Waals surface area contributed by atoms with Gasteiger partial charge in [0.2, 0.25) is 0 Å². The van der Waals surface area contributed by atoms with Crippen molar-refractivity contribution >= 4 is 0 Å². The maximum absolute atomic E-state index is 14.5. The van der Waals surface area contributed by atoms with Gasteiger partial charge in [0.1, 0.15) is 11.6 Å². The first kappa shape index (κ1) is 18.7. The third-order valence-corrected chi connectivity index (χ3v) is 4.98. The molecule has 2 rings (SSSR count). The van der Waals surface area contributed by atoms with Gasteiger partial charge in [0.25, 0.3) is 0 Å². The van der Waals surface area contributed by atoms with E-state index in [2.05, 4.69) is 25.3 Å². The second-order valence-corrected chi connectivity index (χ2v) is 7.27. The fourth-order valence-electron chi connectivity index (χ4n) is 3.47. The quantitative estimate of drug-likeness (QED) is 0.875. The standard InChI is InChI=1S/C20H30FN3/c1-11(2)8-17-13(4)19(21)12(3)9-18(17)14(5)20-23-15(6)16(7)24(20)10-22/h9,11,14H,8,10,22H2,1-7H3. The number of imidazole rings is 1. The lowest BCUT2D eigenvalue weighted by Gasteiger charge is -2.22. The van der Waals surface area contributed by atoms with Gasteiger partial charge < -0.3 is 10.3 Å². The van der Waals surface area contributed by atoms with E-state index in [9.17, 15) is 4.39 Å². The topological polar surface area (TPSA) is 43.8 Å². The lowest BCUT2D eigenvalue weighted by atomic mass is 9.86. The largest absolute Gasteiger partial charge is 0.319 e. The first-order valence-electron chi connectivity index (χ1n) is 8.71. The fraction of sp³-hybridized carbons (Fsp3) is 0.550. The van der Waals surface area contributed by atoms with Crippen LogP contribution in [0.3, 0.4) is 0 Å². The molecule has 1 aromatic heterocycles. The Kier molecular flexibility index (Phi) is 5.49. The Balaban J connectivity index is 2.65. The van der Waals surface area contributed by atoms with Crippen molar-refractivity contribution < 1.29 is 4.39 Å². The molecule has 1 atom stereocenters. The number of aromatic nitrogens is 2. The molecule has 0 radical (unpaired) electrons. The Hall–Kier alpha value is -1.68. The predicted octanol–water partition coefficient (Wildman–Crippen LogP) is 4.52. The van der Waals surface area contributed by atoms with E-state index in [-0.39, 0.29) is 11.7 Å². The number of hydrogen-bond acceptors (Lipinski definition) is 2. The predicted molar refractivity (Wildman–Crippen MR) is 97.8 cm³/mol. The van der Waals surface area contributed by atoms with Crippen LogP contribution in [-0.4, -0.2) is 9.55 Å². The minimum atomic E-state index is -0.0869. The molecule has 24 heavy (non-hydrogen) atoms. The zero-order valence-electron chi connectivity index (χ0n) is 16.0. The lowest BCUT2D eigenvalue weighted by Crippen LogP contribution is -2.17. The molecule has 2 N–H and O–H groups in total. The van der Waals surface area contributed by atoms with Gasteiger partial charge in [-0.1, -0.05) is 26.8 Å². The summed E-state index contributed by atoms with van der Waals surface area (Å²) in [4.78, 5) is 4.75. The van der Waals surface area contributed by atoms with Crippen LogP contribution in [0.2, 0.25) is 0 Å². The molecular formula is C20H30FN3. The molecule has 0 saturated heterocycles. The van der Waals surface area contributed by atoms with Crippen molar-refractivity contribution in [2.75, 3.05) is 0 Å². The molecule has 0 aliphatic rings. The van der Waals surface area contributed by atoms with Crippen LogP contribution in [0.4, 0.5) is 4.39 Å². The van der Waals surface area contributed by atoms with Gasteiger partial charge in [0.05, 0.1) is 12.4 Å². The van der Waals surface area contributed by atoms with E-state index in [0.29, 0.717) is 18.2 Å². The van der Waals surface area contributed by atoms with E-state index in [0.717, 1.165) is 34.8 Å². The van der Waals surface area contributed by atoms with Gasteiger partial charge in [0.15, 0.2) is 0 Å². The summed E-state index contributed by atoms with van der Waals surface area (Å²) in [6.45, 7) is 14.7. The molecule has 3 nitrogen and oxygen atoms in total. The van der Waals surface area contributed by atoms with Gasteiger partial charge in [-0.15, -0.1) is 0 Å². The maximum Gasteiger partial charge on any atom is 0.129 e. The van der Waals surface area contributed by atoms with Gasteiger partial charge in [0, 0.05) is 11.6 Å². The molecule has 0 aliphatic carbocycles. The minimum absolute atomic E-state index is 0.0766. The Bertz CT molecular complexity index is 744. The molecule has 0 fully saturated rings. The Morgan fingerprint density at radius 1 is 1.17 bits per heavy atom. The molecule has 1 aromatic carbocycles. The van der Waals surface area contributed by atoms with E-state index >= 15 is 0 Å². The normalized spacial score (nSPS) is 12.9. The van der Waals surface area contributed by atoms with Crippen LogP contribution >= 0.6 is 0 Å². The monoisotopic (exact) mass is 331 g/mol. The van der Waals surface area contributed by atoms with E-state index in [4.69, 9.17) is 10.7 Å². The van der Waals surface area contributed by atoms with Gasteiger partial charge >= 0.3 is 0 Å². The average molecular weight is 331 g/mol. The number of benzene rings is 1. The van der Waals surface area contributed by atoms with E-state index in [1.807, 2.05) is 33.8 Å². The lowest BCUT2D eigenvalue weighted by molar-refractivity contribution is 0.584. The van der Waals surface area contributed by atoms with E-state index < -0.39 is 0 Å². The highest BCUT2D eigenvalue weighted by Crippen LogP contribution is 2.33. The number of halogens is 1. The van der Waals surface area contributed by atoms with Crippen LogP contribution in [0.5, 0.6) is 0 Å². The zero-order valence-corrected chi connectivity index (χ0v) is 16.0. The van der Waals surface area contributed by atoms with Gasteiger partial charge in [-0.05, 0) is 62.3 Å². The number of hydrogen-bond donors (Lipinski definition) is 1. The van der Waals surface area contributed by atoms with Crippen LogP contribution in [0, 0.1) is 39.4 Å². The number of nitrogens with zero attached hydrogens (tertiary/aromatic N) is 2. The average Bonchev–Trinajstić information content (AvgIpc) is 2.81. The smallest absolute Gasteiger partial charge is 0.129 e. The first-order valence-corrected chi connectivity index (χ1v) is 8.71. The highest BCUT2D eigenvalue weighted by molar-refractivity contribution is 5.44. The van der Waals surface area contributed by atoms with Gasteiger partial charge in [-0.25, -0.2) is 9.37 Å². The summed E-state index contributed by atoms with van der Waals surface area (Å²) in [6, 6.07) is 1.99. The summed E-state index contributed by atoms with van der Waals surface area (Å²) in [5, 5.41) is 0. The molecule has 2 aromatic rings.